The SMILES string of the molecule is N#CC1=C(N)Oc2c(ccc3ncccc23)C1c1ccccc1. The molecule has 0 amide bonds. The average molecular weight is 299 g/mol. The van der Waals surface area contributed by atoms with Crippen molar-refractivity contribution in [2.45, 2.75) is 5.92 Å². The van der Waals surface area contributed by atoms with Crippen LogP contribution in [0.25, 0.3) is 10.9 Å². The number of pyridine rings is 1. The van der Waals surface area contributed by atoms with E-state index < -0.39 is 0 Å². The number of nitriles is 1. The molecule has 2 heterocycles. The first-order valence-corrected chi connectivity index (χ1v) is 7.30. The molecule has 4 heteroatoms. The molecule has 0 fully saturated rings. The summed E-state index contributed by atoms with van der Waals surface area (Å²) in [4.78, 5) is 4.35. The maximum absolute atomic E-state index is 9.55. The molecule has 4 rings (SSSR count). The zero-order chi connectivity index (χ0) is 15.8. The Bertz CT molecular complexity index is 971. The molecule has 1 aliphatic heterocycles. The van der Waals surface area contributed by atoms with Gasteiger partial charge in [0, 0.05) is 17.1 Å². The number of benzene rings is 2. The highest BCUT2D eigenvalue weighted by Gasteiger charge is 2.31. The van der Waals surface area contributed by atoms with Gasteiger partial charge >= 0.3 is 0 Å². The van der Waals surface area contributed by atoms with E-state index in [2.05, 4.69) is 11.1 Å². The van der Waals surface area contributed by atoms with Crippen LogP contribution in [0.2, 0.25) is 0 Å². The number of hydrogen-bond donors (Lipinski definition) is 1. The van der Waals surface area contributed by atoms with Crippen LogP contribution in [-0.2, 0) is 0 Å². The normalized spacial score (nSPS) is 16.6. The van der Waals surface area contributed by atoms with Gasteiger partial charge in [0.15, 0.2) is 0 Å². The average Bonchev–Trinajstić information content (AvgIpc) is 2.61. The van der Waals surface area contributed by atoms with Crippen LogP contribution in [-0.4, -0.2) is 4.98 Å². The van der Waals surface area contributed by atoms with Crippen molar-refractivity contribution in [1.29, 1.82) is 5.26 Å². The fraction of sp³-hybridized carbons (Fsp3) is 0.0526. The van der Waals surface area contributed by atoms with Crippen LogP contribution in [0.15, 0.2) is 72.3 Å². The number of fused-ring (bicyclic) bond motifs is 3. The lowest BCUT2D eigenvalue weighted by molar-refractivity contribution is 0.398. The van der Waals surface area contributed by atoms with Gasteiger partial charge in [-0.05, 0) is 23.8 Å². The van der Waals surface area contributed by atoms with Gasteiger partial charge in [-0.25, -0.2) is 0 Å². The summed E-state index contributed by atoms with van der Waals surface area (Å²) in [5.74, 6) is 0.612. The zero-order valence-corrected chi connectivity index (χ0v) is 12.2. The lowest BCUT2D eigenvalue weighted by atomic mass is 9.83. The number of nitrogens with two attached hydrogens (primary N) is 1. The molecule has 110 valence electrons. The summed E-state index contributed by atoms with van der Waals surface area (Å²) in [5, 5.41) is 10.4. The predicted octanol–water partition coefficient (Wildman–Crippen LogP) is 3.45. The van der Waals surface area contributed by atoms with Crippen molar-refractivity contribution in [3.63, 3.8) is 0 Å². The molecule has 23 heavy (non-hydrogen) atoms. The maximum Gasteiger partial charge on any atom is 0.205 e. The van der Waals surface area contributed by atoms with Crippen LogP contribution in [0, 0.1) is 11.3 Å². The first-order valence-electron chi connectivity index (χ1n) is 7.30. The van der Waals surface area contributed by atoms with Crippen LogP contribution in [0.3, 0.4) is 0 Å². The van der Waals surface area contributed by atoms with Crippen molar-refractivity contribution >= 4 is 10.9 Å². The molecule has 2 N–H and O–H groups in total. The molecule has 2 aromatic carbocycles. The highest BCUT2D eigenvalue weighted by atomic mass is 16.5. The quantitative estimate of drug-likeness (QED) is 0.747. The summed E-state index contributed by atoms with van der Waals surface area (Å²) in [5.41, 5.74) is 9.26. The van der Waals surface area contributed by atoms with E-state index in [0.29, 0.717) is 11.3 Å². The summed E-state index contributed by atoms with van der Waals surface area (Å²) < 4.78 is 5.80. The van der Waals surface area contributed by atoms with Crippen molar-refractivity contribution < 1.29 is 4.74 Å². The lowest BCUT2D eigenvalue weighted by Crippen LogP contribution is -2.21. The highest BCUT2D eigenvalue weighted by Crippen LogP contribution is 2.44. The van der Waals surface area contributed by atoms with E-state index in [0.717, 1.165) is 22.0 Å². The third kappa shape index (κ3) is 2.02. The number of rotatable bonds is 1. The minimum Gasteiger partial charge on any atom is -0.439 e. The fourth-order valence-electron chi connectivity index (χ4n) is 3.06. The number of nitrogens with zero attached hydrogens (tertiary/aromatic N) is 2. The van der Waals surface area contributed by atoms with Crippen LogP contribution in [0.5, 0.6) is 5.75 Å². The Morgan fingerprint density at radius 1 is 1.04 bits per heavy atom. The lowest BCUT2D eigenvalue weighted by Gasteiger charge is -2.27. The second kappa shape index (κ2) is 5.15. The van der Waals surface area contributed by atoms with Crippen LogP contribution < -0.4 is 10.5 Å². The molecule has 1 atom stereocenters. The predicted molar refractivity (Wildman–Crippen MR) is 87.5 cm³/mol. The number of aromatic nitrogens is 1. The first-order chi connectivity index (χ1) is 11.3. The van der Waals surface area contributed by atoms with E-state index in [1.54, 1.807) is 6.20 Å². The molecule has 0 radical (unpaired) electrons. The van der Waals surface area contributed by atoms with Gasteiger partial charge in [-0.15, -0.1) is 0 Å². The van der Waals surface area contributed by atoms with Crippen molar-refractivity contribution in [3.05, 3.63) is 83.4 Å². The van der Waals surface area contributed by atoms with Gasteiger partial charge in [0.25, 0.3) is 0 Å². The Labute approximate surface area is 133 Å². The standard InChI is InChI=1S/C19H13N3O/c20-11-15-17(12-5-2-1-3-6-12)14-8-9-16-13(7-4-10-22-16)18(14)23-19(15)21/h1-10,17H,21H2. The van der Waals surface area contributed by atoms with E-state index in [4.69, 9.17) is 10.5 Å². The molecular weight excluding hydrogens is 286 g/mol. The van der Waals surface area contributed by atoms with Gasteiger partial charge in [-0.2, -0.15) is 5.26 Å². The molecule has 0 bridgehead atoms. The summed E-state index contributed by atoms with van der Waals surface area (Å²) in [6, 6.07) is 19.8. The van der Waals surface area contributed by atoms with E-state index >= 15 is 0 Å². The second-order valence-corrected chi connectivity index (χ2v) is 5.39. The molecule has 1 aliphatic rings. The summed E-state index contributed by atoms with van der Waals surface area (Å²) in [6.07, 6.45) is 1.74. The minimum atomic E-state index is -0.227. The fourth-order valence-corrected chi connectivity index (χ4v) is 3.06. The van der Waals surface area contributed by atoms with Gasteiger partial charge in [0.1, 0.15) is 17.4 Å². The Hall–Kier alpha value is -3.32. The second-order valence-electron chi connectivity index (χ2n) is 5.39. The van der Waals surface area contributed by atoms with Crippen LogP contribution >= 0.6 is 0 Å². The Kier molecular flexibility index (Phi) is 2.99. The highest BCUT2D eigenvalue weighted by molar-refractivity contribution is 5.88. The largest absolute Gasteiger partial charge is 0.439 e. The smallest absolute Gasteiger partial charge is 0.205 e. The Morgan fingerprint density at radius 3 is 2.65 bits per heavy atom. The summed E-state index contributed by atoms with van der Waals surface area (Å²) >= 11 is 0. The van der Waals surface area contributed by atoms with Gasteiger partial charge < -0.3 is 10.5 Å². The third-order valence-corrected chi connectivity index (χ3v) is 4.10. The van der Waals surface area contributed by atoms with Gasteiger partial charge in [-0.1, -0.05) is 36.4 Å². The van der Waals surface area contributed by atoms with Crippen molar-refractivity contribution in [1.82, 2.24) is 4.98 Å². The molecule has 4 nitrogen and oxygen atoms in total. The van der Waals surface area contributed by atoms with Crippen molar-refractivity contribution in [2.75, 3.05) is 0 Å². The maximum atomic E-state index is 9.55. The summed E-state index contributed by atoms with van der Waals surface area (Å²) in [6.45, 7) is 0. The molecule has 1 unspecified atom stereocenters. The van der Waals surface area contributed by atoms with Gasteiger partial charge in [0.05, 0.1) is 11.4 Å². The number of hydrogen-bond acceptors (Lipinski definition) is 4. The number of allylic oxidation sites excluding steroid dienone is 1. The topological polar surface area (TPSA) is 71.9 Å². The van der Waals surface area contributed by atoms with Gasteiger partial charge in [0.2, 0.25) is 5.88 Å². The number of ether oxygens (including phenoxy) is 1. The molecule has 1 aromatic heterocycles. The van der Waals surface area contributed by atoms with Crippen molar-refractivity contribution in [2.24, 2.45) is 5.73 Å². The van der Waals surface area contributed by atoms with Crippen molar-refractivity contribution in [3.8, 4) is 11.8 Å². The van der Waals surface area contributed by atoms with E-state index in [1.807, 2.05) is 54.6 Å². The molecule has 0 aliphatic carbocycles. The Morgan fingerprint density at radius 2 is 1.87 bits per heavy atom. The minimum absolute atomic E-state index is 0.158. The first kappa shape index (κ1) is 13.4. The molecule has 3 aromatic rings. The van der Waals surface area contributed by atoms with E-state index in [-0.39, 0.29) is 11.8 Å². The third-order valence-electron chi connectivity index (χ3n) is 4.10. The van der Waals surface area contributed by atoms with Crippen LogP contribution in [0.1, 0.15) is 17.0 Å². The van der Waals surface area contributed by atoms with E-state index in [1.165, 1.54) is 0 Å². The van der Waals surface area contributed by atoms with Crippen LogP contribution in [0.4, 0.5) is 0 Å². The zero-order valence-electron chi connectivity index (χ0n) is 12.2. The van der Waals surface area contributed by atoms with Gasteiger partial charge in [-0.3, -0.25) is 4.98 Å². The molecule has 0 saturated carbocycles. The Balaban J connectivity index is 2.03. The molecular formula is C19H13N3O. The van der Waals surface area contributed by atoms with E-state index in [9.17, 15) is 5.26 Å². The molecule has 0 saturated heterocycles. The monoisotopic (exact) mass is 299 g/mol. The molecule has 0 spiro atoms. The summed E-state index contributed by atoms with van der Waals surface area (Å²) in [7, 11) is 0.